The maximum atomic E-state index is 12.9. The van der Waals surface area contributed by atoms with E-state index in [1.165, 1.54) is 18.9 Å². The number of hydrogen-bond acceptors (Lipinski definition) is 12. The second-order valence-corrected chi connectivity index (χ2v) is 9.44. The van der Waals surface area contributed by atoms with Gasteiger partial charge in [0.15, 0.2) is 24.1 Å². The third kappa shape index (κ3) is 5.44. The van der Waals surface area contributed by atoms with Crippen LogP contribution in [0.4, 0.5) is 10.8 Å². The fraction of sp³-hybridized carbons (Fsp3) is 0.238. The van der Waals surface area contributed by atoms with Crippen LogP contribution < -0.4 is 26.0 Å². The van der Waals surface area contributed by atoms with Gasteiger partial charge < -0.3 is 31.1 Å². The first-order valence-electron chi connectivity index (χ1n) is 10.6. The summed E-state index contributed by atoms with van der Waals surface area (Å²) in [5.74, 6) is -2.68. The van der Waals surface area contributed by atoms with Gasteiger partial charge in [-0.05, 0) is 17.7 Å². The predicted octanol–water partition coefficient (Wildman–Crippen LogP) is -2.01. The molecule has 0 saturated carbocycles. The van der Waals surface area contributed by atoms with Gasteiger partial charge in [-0.15, -0.1) is 11.8 Å². The van der Waals surface area contributed by atoms with E-state index >= 15 is 0 Å². The molecular formula is C21H20N8O6S2. The molecule has 0 bridgehead atoms. The first kappa shape index (κ1) is 25.8. The number of carbonyl (C=O) groups excluding carboxylic acids is 4. The fourth-order valence-corrected chi connectivity index (χ4v) is 5.43. The molecule has 0 aromatic carbocycles. The Morgan fingerprint density at radius 3 is 2.95 bits per heavy atom. The Kier molecular flexibility index (Phi) is 7.78. The van der Waals surface area contributed by atoms with Crippen LogP contribution in [-0.4, -0.2) is 68.4 Å². The molecule has 4 N–H and O–H groups in total. The number of pyridine rings is 1. The number of nitrogens with zero attached hydrogens (tertiary/aromatic N) is 5. The molecule has 4 heterocycles. The number of hydrogen-bond donors (Lipinski definition) is 3. The number of nitrogens with one attached hydrogen (secondary N) is 2. The van der Waals surface area contributed by atoms with Crippen molar-refractivity contribution in [3.63, 3.8) is 0 Å². The van der Waals surface area contributed by atoms with Crippen LogP contribution >= 0.6 is 23.3 Å². The Bertz CT molecular complexity index is 1340. The monoisotopic (exact) mass is 544 g/mol. The molecule has 3 amide bonds. The van der Waals surface area contributed by atoms with E-state index in [1.807, 2.05) is 0 Å². The smallest absolute Gasteiger partial charge is 0.278 e. The number of thioether (sulfide) groups is 1. The molecule has 1 unspecified atom stereocenters. The van der Waals surface area contributed by atoms with Crippen LogP contribution in [0.25, 0.3) is 0 Å². The minimum atomic E-state index is -1.50. The van der Waals surface area contributed by atoms with Crippen LogP contribution in [0.3, 0.4) is 0 Å². The van der Waals surface area contributed by atoms with Gasteiger partial charge in [0.25, 0.3) is 11.8 Å². The number of aliphatic carboxylic acids is 1. The van der Waals surface area contributed by atoms with Crippen molar-refractivity contribution in [1.29, 1.82) is 0 Å². The molecule has 4 rings (SSSR count). The van der Waals surface area contributed by atoms with Gasteiger partial charge >= 0.3 is 0 Å². The number of oxime groups is 1. The lowest BCUT2D eigenvalue weighted by molar-refractivity contribution is -0.686. The number of allylic oxidation sites excluding steroid dienone is 2. The molecule has 0 radical (unpaired) electrons. The molecule has 0 aliphatic carbocycles. The van der Waals surface area contributed by atoms with Gasteiger partial charge in [0.2, 0.25) is 17.9 Å². The predicted molar refractivity (Wildman–Crippen MR) is 130 cm³/mol. The molecule has 1 fully saturated rings. The zero-order chi connectivity index (χ0) is 26.5. The number of β-lactam (4-membered cyclic amide) rings is 1. The van der Waals surface area contributed by atoms with Crippen molar-refractivity contribution < 1.29 is 33.7 Å². The highest BCUT2D eigenvalue weighted by Gasteiger charge is 2.53. The maximum Gasteiger partial charge on any atom is 0.278 e. The van der Waals surface area contributed by atoms with Crippen LogP contribution in [0.15, 0.2) is 53.1 Å². The summed E-state index contributed by atoms with van der Waals surface area (Å²) < 4.78 is 5.71. The lowest BCUT2D eigenvalue weighted by Gasteiger charge is -2.50. The number of aromatic nitrogens is 3. The van der Waals surface area contributed by atoms with E-state index in [-0.39, 0.29) is 28.1 Å². The molecular weight excluding hydrogens is 524 g/mol. The van der Waals surface area contributed by atoms with Gasteiger partial charge in [0, 0.05) is 23.4 Å². The summed E-state index contributed by atoms with van der Waals surface area (Å²) in [7, 11) is 1.24. The number of carboxylic acid groups (broad SMARTS) is 1. The molecule has 0 spiro atoms. The van der Waals surface area contributed by atoms with Crippen molar-refractivity contribution in [3.8, 4) is 0 Å². The van der Waals surface area contributed by atoms with Crippen molar-refractivity contribution >= 4 is 64.0 Å². The summed E-state index contributed by atoms with van der Waals surface area (Å²) in [5, 5.41) is 20.1. The van der Waals surface area contributed by atoms with Gasteiger partial charge in [0.1, 0.15) is 24.2 Å². The Morgan fingerprint density at radius 2 is 2.27 bits per heavy atom. The first-order valence-corrected chi connectivity index (χ1v) is 12.4. The molecule has 2 aromatic heterocycles. The maximum absolute atomic E-state index is 12.9. The van der Waals surface area contributed by atoms with Crippen LogP contribution in [0.5, 0.6) is 0 Å². The molecule has 14 nitrogen and oxygen atoms in total. The van der Waals surface area contributed by atoms with Gasteiger partial charge in [-0.1, -0.05) is 11.2 Å². The minimum Gasteiger partial charge on any atom is -0.543 e. The third-order valence-electron chi connectivity index (χ3n) is 5.25. The Morgan fingerprint density at radius 1 is 1.46 bits per heavy atom. The highest BCUT2D eigenvalue weighted by atomic mass is 32.2. The molecule has 37 heavy (non-hydrogen) atoms. The van der Waals surface area contributed by atoms with Gasteiger partial charge in [-0.2, -0.15) is 13.9 Å². The first-order chi connectivity index (χ1) is 17.8. The largest absolute Gasteiger partial charge is 0.543 e. The summed E-state index contributed by atoms with van der Waals surface area (Å²) in [6.45, 7) is 0.385. The van der Waals surface area contributed by atoms with Crippen LogP contribution in [0, 0.1) is 0 Å². The molecule has 2 atom stereocenters. The zero-order valence-electron chi connectivity index (χ0n) is 19.2. The van der Waals surface area contributed by atoms with Crippen LogP contribution in [0.2, 0.25) is 0 Å². The zero-order valence-corrected chi connectivity index (χ0v) is 20.8. The summed E-state index contributed by atoms with van der Waals surface area (Å²) in [4.78, 5) is 58.0. The molecule has 2 aliphatic rings. The number of nitrogens with two attached hydrogens (primary N) is 1. The molecule has 2 aliphatic heterocycles. The van der Waals surface area contributed by atoms with E-state index in [4.69, 9.17) is 10.6 Å². The Hall–Kier alpha value is -4.31. The van der Waals surface area contributed by atoms with E-state index in [0.29, 0.717) is 24.2 Å². The number of anilines is 2. The summed E-state index contributed by atoms with van der Waals surface area (Å²) in [5.41, 5.74) is 6.04. The number of nitrogen functional groups attached to an aromatic ring is 1. The van der Waals surface area contributed by atoms with E-state index in [0.717, 1.165) is 16.4 Å². The van der Waals surface area contributed by atoms with E-state index in [1.54, 1.807) is 41.2 Å². The lowest BCUT2D eigenvalue weighted by atomic mass is 10.0. The SMILES string of the molecule is CON=C(C(=O)NC1C(=O)N2C(C(=O)[O-])=C(C=CC[n+]3cccc(NC=O)c3)CS[C@H]12)c1nsc(N)n1. The Balaban J connectivity index is 1.48. The average molecular weight is 545 g/mol. The standard InChI is InChI=1S/C21H20N8O6S2/c1-35-26-13(16-25-21(22)37-27-16)17(31)24-14-18(32)29-15(20(33)34)11(9-36-19(14)29)4-2-6-28-7-3-5-12(8-28)23-10-30/h2-5,7-8,10,14,19H,6,9H2,1H3,(H4-,22,23,24,25,27,30,31,33,34)/t14?,19-/m1/s1. The van der Waals surface area contributed by atoms with Crippen LogP contribution in [-0.2, 0) is 30.6 Å². The van der Waals surface area contributed by atoms with Gasteiger partial charge in [0.05, 0.1) is 11.7 Å². The lowest BCUT2D eigenvalue weighted by Crippen LogP contribution is -2.71. The molecule has 1 saturated heterocycles. The van der Waals surface area contributed by atoms with E-state index < -0.39 is 29.2 Å². The van der Waals surface area contributed by atoms with Gasteiger partial charge in [-0.3, -0.25) is 19.3 Å². The van der Waals surface area contributed by atoms with Crippen molar-refractivity contribution in [2.45, 2.75) is 18.0 Å². The van der Waals surface area contributed by atoms with Crippen LogP contribution in [0.1, 0.15) is 5.82 Å². The normalized spacial score (nSPS) is 19.3. The number of carboxylic acids is 1. The van der Waals surface area contributed by atoms with Crippen molar-refractivity contribution in [2.75, 3.05) is 23.9 Å². The topological polar surface area (TPSA) is 196 Å². The third-order valence-corrected chi connectivity index (χ3v) is 7.09. The van der Waals surface area contributed by atoms with E-state index in [9.17, 15) is 24.3 Å². The quantitative estimate of drug-likeness (QED) is 0.0988. The second kappa shape index (κ2) is 11.2. The second-order valence-electron chi connectivity index (χ2n) is 7.55. The number of fused-ring (bicyclic) bond motifs is 1. The highest BCUT2D eigenvalue weighted by Crippen LogP contribution is 2.40. The van der Waals surface area contributed by atoms with E-state index in [2.05, 4.69) is 25.1 Å². The number of rotatable bonds is 10. The number of carbonyl (C=O) groups is 4. The fourth-order valence-electron chi connectivity index (χ4n) is 3.68. The number of amides is 3. The minimum absolute atomic E-state index is 0.0603. The van der Waals surface area contributed by atoms with Crippen molar-refractivity contribution in [3.05, 3.63) is 53.8 Å². The molecule has 16 heteroatoms. The summed E-state index contributed by atoms with van der Waals surface area (Å²) in [6, 6.07) is 2.47. The summed E-state index contributed by atoms with van der Waals surface area (Å²) in [6.07, 6.45) is 7.40. The average Bonchev–Trinajstić information content (AvgIpc) is 3.31. The molecule has 2 aromatic rings. The summed E-state index contributed by atoms with van der Waals surface area (Å²) >= 11 is 2.15. The highest BCUT2D eigenvalue weighted by molar-refractivity contribution is 8.00. The van der Waals surface area contributed by atoms with Gasteiger partial charge in [-0.25, -0.2) is 0 Å². The van der Waals surface area contributed by atoms with Crippen molar-refractivity contribution in [2.24, 2.45) is 5.16 Å². The van der Waals surface area contributed by atoms with Crippen molar-refractivity contribution in [1.82, 2.24) is 19.6 Å². The molecule has 192 valence electrons. The Labute approximate surface area is 218 Å².